The number of hydrogen-bond donors (Lipinski definition) is 1. The fourth-order valence-electron chi connectivity index (χ4n) is 1.02. The molecule has 1 rings (SSSR count). The lowest BCUT2D eigenvalue weighted by Gasteiger charge is -2.08. The van der Waals surface area contributed by atoms with Gasteiger partial charge in [-0.3, -0.25) is 4.55 Å². The summed E-state index contributed by atoms with van der Waals surface area (Å²) >= 11 is 1.58. The highest BCUT2D eigenvalue weighted by Gasteiger charge is 2.33. The number of rotatable bonds is 1. The topological polar surface area (TPSA) is 54.4 Å². The molecule has 0 saturated carbocycles. The van der Waals surface area contributed by atoms with Gasteiger partial charge in [-0.05, 0) is 11.7 Å². The molecule has 60 valence electrons. The van der Waals surface area contributed by atoms with Gasteiger partial charge in [-0.2, -0.15) is 20.2 Å². The van der Waals surface area contributed by atoms with Gasteiger partial charge in [-0.25, -0.2) is 0 Å². The van der Waals surface area contributed by atoms with Crippen molar-refractivity contribution in [3.8, 4) is 0 Å². The molecular weight excluding hydrogens is 172 g/mol. The van der Waals surface area contributed by atoms with Crippen LogP contribution in [-0.4, -0.2) is 29.7 Å². The Morgan fingerprint density at radius 1 is 1.50 bits per heavy atom. The van der Waals surface area contributed by atoms with Crippen molar-refractivity contribution >= 4 is 21.9 Å². The molecule has 0 spiro atoms. The third kappa shape index (κ3) is 1.65. The van der Waals surface area contributed by atoms with Gasteiger partial charge in [0, 0.05) is 5.75 Å². The molecule has 0 bridgehead atoms. The van der Waals surface area contributed by atoms with Gasteiger partial charge in [0.25, 0.3) is 10.1 Å². The smallest absolute Gasteiger partial charge is 0.268 e. The van der Waals surface area contributed by atoms with Crippen LogP contribution in [0, 0.1) is 5.92 Å². The summed E-state index contributed by atoms with van der Waals surface area (Å²) in [6, 6.07) is 0. The zero-order valence-electron chi connectivity index (χ0n) is 5.65. The third-order valence-corrected chi connectivity index (χ3v) is 4.64. The van der Waals surface area contributed by atoms with Crippen LogP contribution in [0.5, 0.6) is 0 Å². The summed E-state index contributed by atoms with van der Waals surface area (Å²) in [5.74, 6) is 1.48. The van der Waals surface area contributed by atoms with Crippen molar-refractivity contribution in [2.45, 2.75) is 12.2 Å². The van der Waals surface area contributed by atoms with Gasteiger partial charge < -0.3 is 0 Å². The van der Waals surface area contributed by atoms with Crippen LogP contribution >= 0.6 is 11.8 Å². The molecule has 0 aliphatic carbocycles. The molecule has 0 aromatic heterocycles. The molecule has 0 amide bonds. The Labute approximate surface area is 64.9 Å². The Bertz CT molecular complexity index is 209. The maximum atomic E-state index is 10.6. The summed E-state index contributed by atoms with van der Waals surface area (Å²) in [5, 5.41) is -0.530. The van der Waals surface area contributed by atoms with E-state index in [0.29, 0.717) is 5.75 Å². The van der Waals surface area contributed by atoms with E-state index in [2.05, 4.69) is 0 Å². The summed E-state index contributed by atoms with van der Waals surface area (Å²) in [4.78, 5) is 0. The maximum absolute atomic E-state index is 10.6. The van der Waals surface area contributed by atoms with Gasteiger partial charge in [-0.15, -0.1) is 0 Å². The predicted molar refractivity (Wildman–Crippen MR) is 41.8 cm³/mol. The molecule has 1 N–H and O–H groups in total. The van der Waals surface area contributed by atoms with Crippen molar-refractivity contribution in [3.63, 3.8) is 0 Å². The lowest BCUT2D eigenvalue weighted by molar-refractivity contribution is 0.456. The first-order valence-electron chi connectivity index (χ1n) is 3.06. The van der Waals surface area contributed by atoms with Crippen molar-refractivity contribution in [3.05, 3.63) is 0 Å². The molecule has 1 aliphatic heterocycles. The minimum Gasteiger partial charge on any atom is -0.285 e. The normalized spacial score (nSPS) is 34.6. The second kappa shape index (κ2) is 2.71. The van der Waals surface area contributed by atoms with Crippen LogP contribution in [0.25, 0.3) is 0 Å². The molecule has 1 saturated heterocycles. The molecular formula is C5H10O3S2. The van der Waals surface area contributed by atoms with E-state index in [1.807, 2.05) is 6.92 Å². The third-order valence-electron chi connectivity index (χ3n) is 1.68. The van der Waals surface area contributed by atoms with Crippen LogP contribution in [0.2, 0.25) is 0 Å². The highest BCUT2D eigenvalue weighted by Crippen LogP contribution is 2.28. The highest BCUT2D eigenvalue weighted by molar-refractivity contribution is 8.00. The Balaban J connectivity index is 2.74. The van der Waals surface area contributed by atoms with Gasteiger partial charge in [0.05, 0.1) is 5.25 Å². The molecule has 0 radical (unpaired) electrons. The van der Waals surface area contributed by atoms with E-state index in [-0.39, 0.29) is 5.92 Å². The van der Waals surface area contributed by atoms with Crippen LogP contribution in [0.15, 0.2) is 0 Å². The molecule has 1 aliphatic rings. The van der Waals surface area contributed by atoms with Gasteiger partial charge >= 0.3 is 0 Å². The van der Waals surface area contributed by atoms with Crippen LogP contribution in [-0.2, 0) is 10.1 Å². The molecule has 10 heavy (non-hydrogen) atoms. The van der Waals surface area contributed by atoms with Crippen LogP contribution < -0.4 is 0 Å². The Hall–Kier alpha value is 0.260. The van der Waals surface area contributed by atoms with Crippen LogP contribution in [0.4, 0.5) is 0 Å². The summed E-state index contributed by atoms with van der Waals surface area (Å²) in [7, 11) is -3.77. The zero-order valence-corrected chi connectivity index (χ0v) is 7.28. The molecule has 5 heteroatoms. The average Bonchev–Trinajstić information content (AvgIpc) is 2.11. The van der Waals surface area contributed by atoms with E-state index >= 15 is 0 Å². The summed E-state index contributed by atoms with van der Waals surface area (Å²) in [5.41, 5.74) is 0. The lowest BCUT2D eigenvalue weighted by atomic mass is 10.2. The van der Waals surface area contributed by atoms with Crippen LogP contribution in [0.3, 0.4) is 0 Å². The average molecular weight is 182 g/mol. The van der Waals surface area contributed by atoms with Crippen molar-refractivity contribution in [1.82, 2.24) is 0 Å². The first kappa shape index (κ1) is 8.36. The molecule has 0 aromatic carbocycles. The minimum atomic E-state index is -3.77. The minimum absolute atomic E-state index is 0.0972. The van der Waals surface area contributed by atoms with Crippen LogP contribution in [0.1, 0.15) is 6.92 Å². The Kier molecular flexibility index (Phi) is 2.27. The SMILES string of the molecule is CC1CSCC1S(=O)(=O)O. The lowest BCUT2D eigenvalue weighted by Crippen LogP contribution is -2.26. The maximum Gasteiger partial charge on any atom is 0.268 e. The van der Waals surface area contributed by atoms with Gasteiger partial charge in [-0.1, -0.05) is 6.92 Å². The molecule has 3 nitrogen and oxygen atoms in total. The monoisotopic (exact) mass is 182 g/mol. The molecule has 1 fully saturated rings. The van der Waals surface area contributed by atoms with Crippen molar-refractivity contribution < 1.29 is 13.0 Å². The van der Waals surface area contributed by atoms with Crippen molar-refractivity contribution in [2.75, 3.05) is 11.5 Å². The zero-order chi connectivity index (χ0) is 7.78. The van der Waals surface area contributed by atoms with E-state index in [0.717, 1.165) is 5.75 Å². The van der Waals surface area contributed by atoms with E-state index in [1.165, 1.54) is 0 Å². The van der Waals surface area contributed by atoms with Crippen molar-refractivity contribution in [2.24, 2.45) is 5.92 Å². The Morgan fingerprint density at radius 2 is 2.10 bits per heavy atom. The molecule has 0 aromatic rings. The van der Waals surface area contributed by atoms with E-state index in [9.17, 15) is 8.42 Å². The fraction of sp³-hybridized carbons (Fsp3) is 1.00. The van der Waals surface area contributed by atoms with Gasteiger partial charge in [0.15, 0.2) is 0 Å². The quantitative estimate of drug-likeness (QED) is 0.604. The number of thioether (sulfide) groups is 1. The molecule has 2 unspecified atom stereocenters. The second-order valence-electron chi connectivity index (χ2n) is 2.57. The molecule has 1 heterocycles. The highest BCUT2D eigenvalue weighted by atomic mass is 32.2. The summed E-state index contributed by atoms with van der Waals surface area (Å²) in [6.07, 6.45) is 0. The Morgan fingerprint density at radius 3 is 2.30 bits per heavy atom. The van der Waals surface area contributed by atoms with Gasteiger partial charge in [0.1, 0.15) is 0 Å². The number of hydrogen-bond acceptors (Lipinski definition) is 3. The standard InChI is InChI=1S/C5H10O3S2/c1-4-2-9-3-5(4)10(6,7)8/h4-5H,2-3H2,1H3,(H,6,7,8). The first-order valence-corrected chi connectivity index (χ1v) is 5.71. The largest absolute Gasteiger partial charge is 0.285 e. The van der Waals surface area contributed by atoms with E-state index < -0.39 is 15.4 Å². The van der Waals surface area contributed by atoms with E-state index in [1.54, 1.807) is 11.8 Å². The fourth-order valence-corrected chi connectivity index (χ4v) is 4.10. The van der Waals surface area contributed by atoms with Gasteiger partial charge in [0.2, 0.25) is 0 Å². The second-order valence-corrected chi connectivity index (χ2v) is 5.28. The van der Waals surface area contributed by atoms with E-state index in [4.69, 9.17) is 4.55 Å². The van der Waals surface area contributed by atoms with Crippen molar-refractivity contribution in [1.29, 1.82) is 0 Å². The summed E-state index contributed by atoms with van der Waals surface area (Å²) in [6.45, 7) is 1.85. The first-order chi connectivity index (χ1) is 4.52. The summed E-state index contributed by atoms with van der Waals surface area (Å²) < 4.78 is 29.8. The molecule has 2 atom stereocenters. The predicted octanol–water partition coefficient (Wildman–Crippen LogP) is 0.626.